The second-order valence-electron chi connectivity index (χ2n) is 7.81. The highest BCUT2D eigenvalue weighted by molar-refractivity contribution is 6.00. The van der Waals surface area contributed by atoms with Crippen LogP contribution in [0.1, 0.15) is 28.2 Å². The minimum Gasteiger partial charge on any atom is -0.480 e. The summed E-state index contributed by atoms with van der Waals surface area (Å²) in [6, 6.07) is 32.5. The summed E-state index contributed by atoms with van der Waals surface area (Å²) in [5.41, 5.74) is 7.09. The van der Waals surface area contributed by atoms with Crippen molar-refractivity contribution >= 4 is 5.97 Å². The maximum atomic E-state index is 13.3. The Morgan fingerprint density at radius 1 is 0.586 bits per heavy atom. The Bertz CT molecular complexity index is 1210. The Balaban J connectivity index is 1.79. The number of hydrogen-bond donors (Lipinski definition) is 1. The van der Waals surface area contributed by atoms with Gasteiger partial charge in [-0.1, -0.05) is 97.1 Å². The molecule has 0 radical (unpaired) electrons. The highest BCUT2D eigenvalue weighted by atomic mass is 16.4. The standard InChI is InChI=1S/C27H18O2/c28-26(29)27(23-15-7-5-11-19(23)20-12-6-8-16-24(20)27)25-21-13-3-1-9-17(21)18-10-2-4-14-22(18)25/h1-16,25H,(H,28,29). The van der Waals surface area contributed by atoms with Crippen molar-refractivity contribution in [3.63, 3.8) is 0 Å². The summed E-state index contributed by atoms with van der Waals surface area (Å²) in [6.07, 6.45) is 0. The van der Waals surface area contributed by atoms with Gasteiger partial charge in [0.2, 0.25) is 0 Å². The first kappa shape index (κ1) is 16.3. The van der Waals surface area contributed by atoms with Gasteiger partial charge in [-0.25, -0.2) is 0 Å². The molecule has 1 N–H and O–H groups in total. The van der Waals surface area contributed by atoms with E-state index in [9.17, 15) is 9.90 Å². The van der Waals surface area contributed by atoms with Gasteiger partial charge in [-0.3, -0.25) is 4.79 Å². The van der Waals surface area contributed by atoms with Gasteiger partial charge in [-0.05, 0) is 44.5 Å². The van der Waals surface area contributed by atoms with E-state index >= 15 is 0 Å². The average Bonchev–Trinajstić information content (AvgIpc) is 3.25. The number of aliphatic carboxylic acids is 1. The van der Waals surface area contributed by atoms with Gasteiger partial charge in [-0.15, -0.1) is 0 Å². The molecule has 0 saturated heterocycles. The Morgan fingerprint density at radius 2 is 0.966 bits per heavy atom. The highest BCUT2D eigenvalue weighted by Crippen LogP contribution is 2.61. The van der Waals surface area contributed by atoms with Crippen molar-refractivity contribution in [2.24, 2.45) is 0 Å². The van der Waals surface area contributed by atoms with Crippen LogP contribution in [0.5, 0.6) is 0 Å². The maximum absolute atomic E-state index is 13.3. The van der Waals surface area contributed by atoms with E-state index in [2.05, 4.69) is 24.3 Å². The third-order valence-electron chi connectivity index (χ3n) is 6.60. The largest absolute Gasteiger partial charge is 0.480 e. The molecule has 2 nitrogen and oxygen atoms in total. The SMILES string of the molecule is O=C(O)C1(C2c3ccccc3-c3ccccc32)c2ccccc2-c2ccccc21. The zero-order valence-corrected chi connectivity index (χ0v) is 15.7. The molecule has 0 aromatic heterocycles. The second kappa shape index (κ2) is 5.68. The zero-order valence-electron chi connectivity index (χ0n) is 15.7. The van der Waals surface area contributed by atoms with Crippen LogP contribution in [-0.2, 0) is 10.2 Å². The Kier molecular flexibility index (Phi) is 3.20. The first-order valence-electron chi connectivity index (χ1n) is 9.85. The van der Waals surface area contributed by atoms with Gasteiger partial charge in [0.05, 0.1) is 0 Å². The summed E-state index contributed by atoms with van der Waals surface area (Å²) in [5, 5.41) is 10.9. The van der Waals surface area contributed by atoms with Crippen molar-refractivity contribution in [2.45, 2.75) is 11.3 Å². The third kappa shape index (κ3) is 1.88. The Morgan fingerprint density at radius 3 is 1.41 bits per heavy atom. The highest BCUT2D eigenvalue weighted by Gasteiger charge is 2.57. The summed E-state index contributed by atoms with van der Waals surface area (Å²) in [7, 11) is 0. The van der Waals surface area contributed by atoms with Crippen LogP contribution in [0.3, 0.4) is 0 Å². The van der Waals surface area contributed by atoms with Gasteiger partial charge >= 0.3 is 5.97 Å². The first-order valence-corrected chi connectivity index (χ1v) is 9.85. The average molecular weight is 374 g/mol. The van der Waals surface area contributed by atoms with Crippen molar-refractivity contribution in [3.8, 4) is 22.3 Å². The Hall–Kier alpha value is -3.65. The van der Waals surface area contributed by atoms with E-state index in [0.29, 0.717) is 0 Å². The molecule has 0 heterocycles. The second-order valence-corrected chi connectivity index (χ2v) is 7.81. The Labute approximate surface area is 169 Å². The topological polar surface area (TPSA) is 37.3 Å². The molecule has 6 rings (SSSR count). The maximum Gasteiger partial charge on any atom is 0.319 e. The molecule has 29 heavy (non-hydrogen) atoms. The molecule has 2 aliphatic carbocycles. The van der Waals surface area contributed by atoms with Gasteiger partial charge in [0.1, 0.15) is 5.41 Å². The van der Waals surface area contributed by atoms with E-state index in [1.807, 2.05) is 72.8 Å². The predicted molar refractivity (Wildman–Crippen MR) is 114 cm³/mol. The fraction of sp³-hybridized carbons (Fsp3) is 0.0741. The van der Waals surface area contributed by atoms with Crippen LogP contribution in [0.2, 0.25) is 0 Å². The molecule has 0 unspecified atom stereocenters. The molecule has 4 aromatic rings. The number of carboxylic acid groups (broad SMARTS) is 1. The zero-order chi connectivity index (χ0) is 19.6. The number of benzene rings is 4. The lowest BCUT2D eigenvalue weighted by Crippen LogP contribution is -2.41. The third-order valence-corrected chi connectivity index (χ3v) is 6.60. The molecule has 0 atom stereocenters. The molecule has 0 fully saturated rings. The van der Waals surface area contributed by atoms with Gasteiger partial charge in [-0.2, -0.15) is 0 Å². The van der Waals surface area contributed by atoms with E-state index in [1.165, 1.54) is 0 Å². The van der Waals surface area contributed by atoms with E-state index in [-0.39, 0.29) is 5.92 Å². The molecular formula is C27H18O2. The fourth-order valence-corrected chi connectivity index (χ4v) is 5.56. The molecule has 0 bridgehead atoms. The van der Waals surface area contributed by atoms with Gasteiger partial charge in [0, 0.05) is 5.92 Å². The van der Waals surface area contributed by atoms with Gasteiger partial charge in [0.25, 0.3) is 0 Å². The normalized spacial score (nSPS) is 15.3. The molecule has 0 saturated carbocycles. The van der Waals surface area contributed by atoms with E-state index in [1.54, 1.807) is 0 Å². The quantitative estimate of drug-likeness (QED) is 0.478. The van der Waals surface area contributed by atoms with Gasteiger partial charge < -0.3 is 5.11 Å². The van der Waals surface area contributed by atoms with E-state index < -0.39 is 11.4 Å². The summed E-state index contributed by atoms with van der Waals surface area (Å²) >= 11 is 0. The van der Waals surface area contributed by atoms with Crippen LogP contribution in [0.25, 0.3) is 22.3 Å². The van der Waals surface area contributed by atoms with Crippen LogP contribution >= 0.6 is 0 Å². The number of carboxylic acids is 1. The number of rotatable bonds is 2. The lowest BCUT2D eigenvalue weighted by molar-refractivity contribution is -0.142. The van der Waals surface area contributed by atoms with E-state index in [0.717, 1.165) is 44.5 Å². The molecular weight excluding hydrogens is 356 g/mol. The number of fused-ring (bicyclic) bond motifs is 6. The van der Waals surface area contributed by atoms with Crippen molar-refractivity contribution in [3.05, 3.63) is 119 Å². The van der Waals surface area contributed by atoms with Crippen molar-refractivity contribution < 1.29 is 9.90 Å². The fourth-order valence-electron chi connectivity index (χ4n) is 5.56. The van der Waals surface area contributed by atoms with Crippen LogP contribution < -0.4 is 0 Å². The lowest BCUT2D eigenvalue weighted by atomic mass is 9.65. The number of hydrogen-bond acceptors (Lipinski definition) is 1. The number of carbonyl (C=O) groups is 1. The molecule has 0 spiro atoms. The monoisotopic (exact) mass is 374 g/mol. The summed E-state index contributed by atoms with van der Waals surface area (Å²) in [6.45, 7) is 0. The molecule has 0 aliphatic heterocycles. The van der Waals surface area contributed by atoms with Crippen LogP contribution in [-0.4, -0.2) is 11.1 Å². The van der Waals surface area contributed by atoms with Crippen molar-refractivity contribution in [1.29, 1.82) is 0 Å². The first-order chi connectivity index (χ1) is 14.2. The molecule has 138 valence electrons. The van der Waals surface area contributed by atoms with Crippen molar-refractivity contribution in [1.82, 2.24) is 0 Å². The smallest absolute Gasteiger partial charge is 0.319 e. The van der Waals surface area contributed by atoms with Gasteiger partial charge in [0.15, 0.2) is 0 Å². The summed E-state index contributed by atoms with van der Waals surface area (Å²) in [4.78, 5) is 13.3. The lowest BCUT2D eigenvalue weighted by Gasteiger charge is -2.35. The molecule has 0 amide bonds. The molecule has 2 aliphatic rings. The van der Waals surface area contributed by atoms with Crippen LogP contribution in [0.4, 0.5) is 0 Å². The molecule has 2 heteroatoms. The summed E-state index contributed by atoms with van der Waals surface area (Å²) < 4.78 is 0. The minimum atomic E-state index is -1.16. The minimum absolute atomic E-state index is 0.280. The summed E-state index contributed by atoms with van der Waals surface area (Å²) in [5.74, 6) is -1.08. The van der Waals surface area contributed by atoms with Crippen LogP contribution in [0.15, 0.2) is 97.1 Å². The van der Waals surface area contributed by atoms with Crippen molar-refractivity contribution in [2.75, 3.05) is 0 Å². The predicted octanol–water partition coefficient (Wildman–Crippen LogP) is 5.85. The molecule has 4 aromatic carbocycles. The van der Waals surface area contributed by atoms with E-state index in [4.69, 9.17) is 0 Å². The van der Waals surface area contributed by atoms with Crippen LogP contribution in [0, 0.1) is 0 Å².